The molecule has 0 aromatic heterocycles. The molecule has 2 rings (SSSR count). The summed E-state index contributed by atoms with van der Waals surface area (Å²) in [5, 5.41) is 5.69. The van der Waals surface area contributed by atoms with Crippen molar-refractivity contribution in [2.24, 2.45) is 5.41 Å². The standard InChI is InChI=1S/C21H26N2O3/c1-15-8-5-6-11-18(15)23-20(25)21(2,3)19(24)22-13-12-16-9-7-10-17(14-16)26-4/h5-11,14H,12-13H2,1-4H3,(H,22,24)(H,23,25). The average molecular weight is 354 g/mol. The molecule has 0 aliphatic heterocycles. The van der Waals surface area contributed by atoms with E-state index < -0.39 is 5.41 Å². The molecule has 0 saturated carbocycles. The van der Waals surface area contributed by atoms with Crippen LogP contribution in [0.3, 0.4) is 0 Å². The number of rotatable bonds is 7. The molecule has 0 aliphatic carbocycles. The Hall–Kier alpha value is -2.82. The van der Waals surface area contributed by atoms with Crippen molar-refractivity contribution in [3.63, 3.8) is 0 Å². The number of aryl methyl sites for hydroxylation is 1. The van der Waals surface area contributed by atoms with E-state index >= 15 is 0 Å². The van der Waals surface area contributed by atoms with Crippen LogP contribution in [0.15, 0.2) is 48.5 Å². The second-order valence-electron chi connectivity index (χ2n) is 6.75. The lowest BCUT2D eigenvalue weighted by Gasteiger charge is -2.23. The number of para-hydroxylation sites is 1. The summed E-state index contributed by atoms with van der Waals surface area (Å²) >= 11 is 0. The number of carbonyl (C=O) groups is 2. The number of amides is 2. The van der Waals surface area contributed by atoms with Crippen molar-refractivity contribution in [2.75, 3.05) is 19.0 Å². The van der Waals surface area contributed by atoms with Gasteiger partial charge in [-0.2, -0.15) is 0 Å². The summed E-state index contributed by atoms with van der Waals surface area (Å²) < 4.78 is 5.19. The molecule has 0 saturated heterocycles. The Labute approximate surface area is 154 Å². The van der Waals surface area contributed by atoms with E-state index in [-0.39, 0.29) is 11.8 Å². The minimum atomic E-state index is -1.17. The van der Waals surface area contributed by atoms with E-state index in [1.54, 1.807) is 21.0 Å². The summed E-state index contributed by atoms with van der Waals surface area (Å²) in [7, 11) is 1.62. The molecule has 0 atom stereocenters. The molecule has 5 nitrogen and oxygen atoms in total. The Morgan fingerprint density at radius 3 is 2.46 bits per heavy atom. The first-order chi connectivity index (χ1) is 12.3. The molecule has 0 unspecified atom stereocenters. The lowest BCUT2D eigenvalue weighted by atomic mass is 9.90. The van der Waals surface area contributed by atoms with Crippen LogP contribution in [0.5, 0.6) is 5.75 Å². The number of hydrogen-bond donors (Lipinski definition) is 2. The first-order valence-corrected chi connectivity index (χ1v) is 8.63. The van der Waals surface area contributed by atoms with Crippen molar-refractivity contribution >= 4 is 17.5 Å². The van der Waals surface area contributed by atoms with Gasteiger partial charge in [-0.15, -0.1) is 0 Å². The Kier molecular flexibility index (Phi) is 6.39. The van der Waals surface area contributed by atoms with Crippen LogP contribution in [0.1, 0.15) is 25.0 Å². The van der Waals surface area contributed by atoms with Crippen LogP contribution in [0.25, 0.3) is 0 Å². The van der Waals surface area contributed by atoms with Gasteiger partial charge in [-0.05, 0) is 56.5 Å². The van der Waals surface area contributed by atoms with Gasteiger partial charge in [-0.1, -0.05) is 30.3 Å². The second-order valence-corrected chi connectivity index (χ2v) is 6.75. The van der Waals surface area contributed by atoms with Crippen LogP contribution in [0.4, 0.5) is 5.69 Å². The average Bonchev–Trinajstić information content (AvgIpc) is 2.63. The van der Waals surface area contributed by atoms with Crippen LogP contribution < -0.4 is 15.4 Å². The molecule has 0 bridgehead atoms. The zero-order valence-corrected chi connectivity index (χ0v) is 15.8. The topological polar surface area (TPSA) is 67.4 Å². The van der Waals surface area contributed by atoms with Crippen LogP contribution in [0, 0.1) is 12.3 Å². The lowest BCUT2D eigenvalue weighted by molar-refractivity contribution is -0.138. The molecular formula is C21H26N2O3. The van der Waals surface area contributed by atoms with E-state index in [9.17, 15) is 9.59 Å². The Morgan fingerprint density at radius 1 is 1.04 bits per heavy atom. The van der Waals surface area contributed by atoms with Crippen molar-refractivity contribution in [1.29, 1.82) is 0 Å². The first kappa shape index (κ1) is 19.5. The maximum atomic E-state index is 12.6. The molecule has 2 N–H and O–H groups in total. The summed E-state index contributed by atoms with van der Waals surface area (Å²) in [6.45, 7) is 5.62. The van der Waals surface area contributed by atoms with E-state index in [1.807, 2.05) is 55.5 Å². The molecule has 138 valence electrons. The number of benzene rings is 2. The van der Waals surface area contributed by atoms with E-state index in [0.717, 1.165) is 22.6 Å². The molecule has 0 heterocycles. The Morgan fingerprint density at radius 2 is 1.77 bits per heavy atom. The monoisotopic (exact) mass is 354 g/mol. The van der Waals surface area contributed by atoms with Crippen molar-refractivity contribution in [3.8, 4) is 5.75 Å². The zero-order valence-electron chi connectivity index (χ0n) is 15.8. The molecular weight excluding hydrogens is 328 g/mol. The van der Waals surface area contributed by atoms with E-state index in [2.05, 4.69) is 10.6 Å². The van der Waals surface area contributed by atoms with Gasteiger partial charge in [0.1, 0.15) is 11.2 Å². The van der Waals surface area contributed by atoms with Crippen LogP contribution >= 0.6 is 0 Å². The first-order valence-electron chi connectivity index (χ1n) is 8.63. The van der Waals surface area contributed by atoms with Gasteiger partial charge in [0.2, 0.25) is 11.8 Å². The molecule has 0 aliphatic rings. The highest BCUT2D eigenvalue weighted by atomic mass is 16.5. The number of hydrogen-bond acceptors (Lipinski definition) is 3. The maximum Gasteiger partial charge on any atom is 0.239 e. The fourth-order valence-electron chi connectivity index (χ4n) is 2.46. The van der Waals surface area contributed by atoms with Gasteiger partial charge < -0.3 is 15.4 Å². The quantitative estimate of drug-likeness (QED) is 0.750. The highest BCUT2D eigenvalue weighted by molar-refractivity contribution is 6.10. The predicted molar refractivity (Wildman–Crippen MR) is 103 cm³/mol. The molecule has 2 aromatic rings. The molecule has 0 spiro atoms. The third-order valence-electron chi connectivity index (χ3n) is 4.36. The predicted octanol–water partition coefficient (Wildman–Crippen LogP) is 3.33. The lowest BCUT2D eigenvalue weighted by Crippen LogP contribution is -2.45. The molecule has 2 aromatic carbocycles. The number of carbonyl (C=O) groups excluding carboxylic acids is 2. The minimum Gasteiger partial charge on any atom is -0.497 e. The van der Waals surface area contributed by atoms with Gasteiger partial charge in [0.15, 0.2) is 0 Å². The van der Waals surface area contributed by atoms with E-state index in [0.29, 0.717) is 13.0 Å². The third-order valence-corrected chi connectivity index (χ3v) is 4.36. The number of ether oxygens (including phenoxy) is 1. The van der Waals surface area contributed by atoms with Gasteiger partial charge in [-0.25, -0.2) is 0 Å². The summed E-state index contributed by atoms with van der Waals surface area (Å²) in [4.78, 5) is 25.1. The Balaban J connectivity index is 1.92. The van der Waals surface area contributed by atoms with Gasteiger partial charge >= 0.3 is 0 Å². The van der Waals surface area contributed by atoms with Crippen molar-refractivity contribution in [3.05, 3.63) is 59.7 Å². The largest absolute Gasteiger partial charge is 0.497 e. The summed E-state index contributed by atoms with van der Waals surface area (Å²) in [6, 6.07) is 15.2. The fraction of sp³-hybridized carbons (Fsp3) is 0.333. The third kappa shape index (κ3) is 4.85. The van der Waals surface area contributed by atoms with E-state index in [1.165, 1.54) is 0 Å². The number of methoxy groups -OCH3 is 1. The van der Waals surface area contributed by atoms with E-state index in [4.69, 9.17) is 4.74 Å². The fourth-order valence-corrected chi connectivity index (χ4v) is 2.46. The van der Waals surface area contributed by atoms with Gasteiger partial charge in [0.25, 0.3) is 0 Å². The van der Waals surface area contributed by atoms with Crippen LogP contribution in [-0.2, 0) is 16.0 Å². The summed E-state index contributed by atoms with van der Waals surface area (Å²) in [5.41, 5.74) is 1.56. The number of nitrogens with one attached hydrogen (secondary N) is 2. The van der Waals surface area contributed by atoms with Crippen molar-refractivity contribution in [1.82, 2.24) is 5.32 Å². The highest BCUT2D eigenvalue weighted by Crippen LogP contribution is 2.21. The molecule has 0 radical (unpaired) electrons. The smallest absolute Gasteiger partial charge is 0.239 e. The van der Waals surface area contributed by atoms with Gasteiger partial charge in [0, 0.05) is 12.2 Å². The molecule has 2 amide bonds. The van der Waals surface area contributed by atoms with Gasteiger partial charge in [0.05, 0.1) is 7.11 Å². The summed E-state index contributed by atoms with van der Waals surface area (Å²) in [6.07, 6.45) is 0.665. The summed E-state index contributed by atoms with van der Waals surface area (Å²) in [5.74, 6) is 0.156. The van der Waals surface area contributed by atoms with Gasteiger partial charge in [-0.3, -0.25) is 9.59 Å². The van der Waals surface area contributed by atoms with Crippen molar-refractivity contribution < 1.29 is 14.3 Å². The molecule has 5 heteroatoms. The SMILES string of the molecule is COc1cccc(CCNC(=O)C(C)(C)C(=O)Nc2ccccc2C)c1. The molecule has 26 heavy (non-hydrogen) atoms. The molecule has 0 fully saturated rings. The Bertz CT molecular complexity index is 784. The number of anilines is 1. The zero-order chi connectivity index (χ0) is 19.2. The normalized spacial score (nSPS) is 10.9. The minimum absolute atomic E-state index is 0.300. The van der Waals surface area contributed by atoms with Crippen LogP contribution in [0.2, 0.25) is 0 Å². The maximum absolute atomic E-state index is 12.6. The highest BCUT2D eigenvalue weighted by Gasteiger charge is 2.36. The van der Waals surface area contributed by atoms with Crippen molar-refractivity contribution in [2.45, 2.75) is 27.2 Å². The van der Waals surface area contributed by atoms with Crippen LogP contribution in [-0.4, -0.2) is 25.5 Å². The second kappa shape index (κ2) is 8.52.